The number of aryl methyl sites for hydroxylation is 1. The van der Waals surface area contributed by atoms with Gasteiger partial charge in [-0.25, -0.2) is 16.9 Å². The number of rotatable bonds is 6. The van der Waals surface area contributed by atoms with Gasteiger partial charge >= 0.3 is 0 Å². The van der Waals surface area contributed by atoms with Crippen LogP contribution in [0.1, 0.15) is 44.8 Å². The van der Waals surface area contributed by atoms with Crippen molar-refractivity contribution in [3.8, 4) is 5.75 Å². The number of nitrogens with zero attached hydrogens (tertiary/aromatic N) is 3. The van der Waals surface area contributed by atoms with Crippen molar-refractivity contribution in [2.75, 3.05) is 19.4 Å². The first-order valence-electron chi connectivity index (χ1n) is 10.3. The predicted octanol–water partition coefficient (Wildman–Crippen LogP) is 3.77. The second kappa shape index (κ2) is 9.68. The van der Waals surface area contributed by atoms with Gasteiger partial charge in [0.05, 0.1) is 16.8 Å². The SMILES string of the molecule is Cc1ccc([C@@H](CC(C)(C)C)NC2=NS(=O)N=C2Nc2ccc(Cl)c(S(=O)(=O)N(C)C)c2O)o1. The molecule has 0 saturated carbocycles. The first kappa shape index (κ1) is 26.2. The average molecular weight is 530 g/mol. The molecular formula is C21H28ClN5O5S2. The van der Waals surface area contributed by atoms with E-state index in [4.69, 9.17) is 16.0 Å². The molecule has 0 aliphatic carbocycles. The summed E-state index contributed by atoms with van der Waals surface area (Å²) in [5.41, 5.74) is -0.0659. The normalized spacial score (nSPS) is 17.5. The van der Waals surface area contributed by atoms with E-state index in [9.17, 15) is 17.7 Å². The van der Waals surface area contributed by atoms with Crippen LogP contribution in [0, 0.1) is 12.3 Å². The number of phenolic OH excluding ortho intramolecular Hbond substituents is 1. The maximum atomic E-state index is 12.6. The Bertz CT molecular complexity index is 1280. The van der Waals surface area contributed by atoms with E-state index in [0.717, 1.165) is 10.1 Å². The smallest absolute Gasteiger partial charge is 0.269 e. The Kier molecular flexibility index (Phi) is 7.46. The molecule has 186 valence electrons. The van der Waals surface area contributed by atoms with Gasteiger partial charge < -0.3 is 20.2 Å². The summed E-state index contributed by atoms with van der Waals surface area (Å²) in [5, 5.41) is 16.7. The number of anilines is 1. The monoisotopic (exact) mass is 529 g/mol. The van der Waals surface area contributed by atoms with E-state index in [1.165, 1.54) is 26.2 Å². The molecule has 34 heavy (non-hydrogen) atoms. The van der Waals surface area contributed by atoms with Crippen LogP contribution < -0.4 is 10.6 Å². The minimum absolute atomic E-state index is 0.0122. The number of furan rings is 1. The summed E-state index contributed by atoms with van der Waals surface area (Å²) < 4.78 is 52.2. The maximum absolute atomic E-state index is 12.6. The number of nitrogens with one attached hydrogen (secondary N) is 2. The Morgan fingerprint density at radius 3 is 2.38 bits per heavy atom. The van der Waals surface area contributed by atoms with Crippen LogP contribution in [0.15, 0.2) is 42.4 Å². The molecule has 1 aromatic heterocycles. The molecule has 1 unspecified atom stereocenters. The summed E-state index contributed by atoms with van der Waals surface area (Å²) >= 11 is 4.18. The molecule has 0 saturated heterocycles. The molecule has 2 heterocycles. The van der Waals surface area contributed by atoms with Gasteiger partial charge in [-0.2, -0.15) is 0 Å². The van der Waals surface area contributed by atoms with Crippen molar-refractivity contribution in [2.24, 2.45) is 14.2 Å². The van der Waals surface area contributed by atoms with Crippen LogP contribution in [0.2, 0.25) is 5.02 Å². The molecule has 0 amide bonds. The zero-order valence-electron chi connectivity index (χ0n) is 19.7. The van der Waals surface area contributed by atoms with Crippen LogP contribution in [0.25, 0.3) is 0 Å². The van der Waals surface area contributed by atoms with Crippen LogP contribution in [0.3, 0.4) is 0 Å². The van der Waals surface area contributed by atoms with Crippen LogP contribution in [0.5, 0.6) is 5.75 Å². The lowest BCUT2D eigenvalue weighted by molar-refractivity contribution is 0.300. The number of halogens is 1. The minimum atomic E-state index is -4.04. The molecule has 2 atom stereocenters. The largest absolute Gasteiger partial charge is 0.504 e. The van der Waals surface area contributed by atoms with Crippen molar-refractivity contribution in [3.05, 3.63) is 40.8 Å². The molecule has 3 N–H and O–H groups in total. The minimum Gasteiger partial charge on any atom is -0.504 e. The fraction of sp³-hybridized carbons (Fsp3) is 0.429. The fourth-order valence-corrected chi connectivity index (χ4v) is 5.39. The van der Waals surface area contributed by atoms with Crippen molar-refractivity contribution in [3.63, 3.8) is 0 Å². The van der Waals surface area contributed by atoms with Crippen molar-refractivity contribution in [1.29, 1.82) is 0 Å². The van der Waals surface area contributed by atoms with Crippen molar-refractivity contribution in [2.45, 2.75) is 45.1 Å². The van der Waals surface area contributed by atoms with E-state index in [-0.39, 0.29) is 33.8 Å². The van der Waals surface area contributed by atoms with Gasteiger partial charge in [0.2, 0.25) is 10.0 Å². The number of phenols is 1. The Morgan fingerprint density at radius 2 is 1.82 bits per heavy atom. The zero-order valence-corrected chi connectivity index (χ0v) is 22.1. The van der Waals surface area contributed by atoms with Gasteiger partial charge in [0, 0.05) is 14.1 Å². The number of hydrogen-bond acceptors (Lipinski definition) is 7. The standard InChI is InChI=1S/C21H28ClN5O5S2/c1-12-7-10-16(32-12)15(11-21(2,3)4)24-20-19(25-33(29)26-20)23-14-9-8-13(22)18(17(14)28)34(30,31)27(5)6/h7-10,15,28H,11H2,1-6H3,(H,23,25)(H,24,26)/t15-,33?/m1/s1. The molecule has 10 nitrogen and oxygen atoms in total. The lowest BCUT2D eigenvalue weighted by Crippen LogP contribution is -2.38. The highest BCUT2D eigenvalue weighted by molar-refractivity contribution is 7.89. The Morgan fingerprint density at radius 1 is 1.18 bits per heavy atom. The van der Waals surface area contributed by atoms with Crippen molar-refractivity contribution >= 4 is 50.2 Å². The van der Waals surface area contributed by atoms with Gasteiger partial charge in [0.1, 0.15) is 16.4 Å². The molecule has 1 aromatic carbocycles. The first-order chi connectivity index (χ1) is 15.7. The highest BCUT2D eigenvalue weighted by Gasteiger charge is 2.30. The molecule has 0 bridgehead atoms. The second-order valence-corrected chi connectivity index (χ2v) is 12.5. The van der Waals surface area contributed by atoms with Crippen LogP contribution in [0.4, 0.5) is 5.69 Å². The van der Waals surface area contributed by atoms with E-state index in [1.54, 1.807) is 0 Å². The maximum Gasteiger partial charge on any atom is 0.269 e. The summed E-state index contributed by atoms with van der Waals surface area (Å²) in [4.78, 5) is -0.452. The summed E-state index contributed by atoms with van der Waals surface area (Å²) in [6.07, 6.45) is 0.663. The summed E-state index contributed by atoms with van der Waals surface area (Å²) in [7, 11) is -1.38. The average Bonchev–Trinajstić information content (AvgIpc) is 3.27. The first-order valence-corrected chi connectivity index (χ1v) is 13.2. The molecule has 2 aromatic rings. The number of aromatic hydroxyl groups is 1. The lowest BCUT2D eigenvalue weighted by Gasteiger charge is -2.26. The summed E-state index contributed by atoms with van der Waals surface area (Å²) in [6, 6.07) is 6.14. The Labute approximate surface area is 206 Å². The van der Waals surface area contributed by atoms with E-state index >= 15 is 0 Å². The molecule has 0 radical (unpaired) electrons. The quantitative estimate of drug-likeness (QED) is 0.484. The van der Waals surface area contributed by atoms with Crippen molar-refractivity contribution < 1.29 is 22.2 Å². The number of benzene rings is 1. The van der Waals surface area contributed by atoms with Gasteiger partial charge in [-0.15, -0.1) is 8.80 Å². The molecule has 0 spiro atoms. The van der Waals surface area contributed by atoms with Gasteiger partial charge in [0.25, 0.3) is 11.2 Å². The third-order valence-electron chi connectivity index (χ3n) is 4.87. The second-order valence-electron chi connectivity index (χ2n) is 9.21. The highest BCUT2D eigenvalue weighted by Crippen LogP contribution is 2.38. The van der Waals surface area contributed by atoms with Crippen LogP contribution >= 0.6 is 11.6 Å². The molecular weight excluding hydrogens is 502 g/mol. The third-order valence-corrected chi connectivity index (χ3v) is 7.87. The van der Waals surface area contributed by atoms with Crippen molar-refractivity contribution in [1.82, 2.24) is 9.62 Å². The van der Waals surface area contributed by atoms with Gasteiger partial charge in [-0.1, -0.05) is 32.4 Å². The topological polar surface area (TPSA) is 137 Å². The van der Waals surface area contributed by atoms with Crippen LogP contribution in [-0.4, -0.2) is 47.8 Å². The fourth-order valence-electron chi connectivity index (χ4n) is 3.28. The van der Waals surface area contributed by atoms with Crippen LogP contribution in [-0.2, 0) is 21.2 Å². The van der Waals surface area contributed by atoms with Gasteiger partial charge in [-0.3, -0.25) is 0 Å². The van der Waals surface area contributed by atoms with Gasteiger partial charge in [-0.05, 0) is 43.0 Å². The predicted molar refractivity (Wildman–Crippen MR) is 134 cm³/mol. The molecule has 1 aliphatic heterocycles. The zero-order chi connectivity index (χ0) is 25.4. The Balaban J connectivity index is 1.94. The third kappa shape index (κ3) is 5.80. The van der Waals surface area contributed by atoms with Gasteiger partial charge in [0.15, 0.2) is 17.4 Å². The molecule has 0 fully saturated rings. The molecule has 13 heteroatoms. The lowest BCUT2D eigenvalue weighted by atomic mass is 9.87. The number of hydrogen-bond donors (Lipinski definition) is 3. The van der Waals surface area contributed by atoms with E-state index < -0.39 is 31.8 Å². The number of sulfonamides is 1. The summed E-state index contributed by atoms with van der Waals surface area (Å²) in [5.74, 6) is 1.11. The summed E-state index contributed by atoms with van der Waals surface area (Å²) in [6.45, 7) is 8.09. The Hall–Kier alpha value is -2.41. The van der Waals surface area contributed by atoms with E-state index in [1.807, 2.05) is 19.1 Å². The van der Waals surface area contributed by atoms with E-state index in [0.29, 0.717) is 12.2 Å². The highest BCUT2D eigenvalue weighted by atomic mass is 35.5. The molecule has 1 aliphatic rings. The van der Waals surface area contributed by atoms with E-state index in [2.05, 4.69) is 40.2 Å². The number of amidine groups is 2. The molecule has 3 rings (SSSR count).